The highest BCUT2D eigenvalue weighted by Crippen LogP contribution is 2.21. The molecule has 0 atom stereocenters. The Morgan fingerprint density at radius 1 is 1.12 bits per heavy atom. The molecule has 0 spiro atoms. The minimum Gasteiger partial charge on any atom is -0.465 e. The number of Topliss-reactive ketones (excluding diaryl/α,β-unsaturated/α-hetero) is 1. The van der Waals surface area contributed by atoms with Crippen LogP contribution in [0.1, 0.15) is 33.2 Å². The van der Waals surface area contributed by atoms with Crippen molar-refractivity contribution in [1.82, 2.24) is 0 Å². The van der Waals surface area contributed by atoms with E-state index in [-0.39, 0.29) is 23.5 Å². The number of halogens is 1. The number of para-hydroxylation sites is 1. The van der Waals surface area contributed by atoms with Gasteiger partial charge in [-0.1, -0.05) is 12.1 Å². The van der Waals surface area contributed by atoms with Crippen molar-refractivity contribution in [1.29, 1.82) is 0 Å². The van der Waals surface area contributed by atoms with E-state index < -0.39 is 17.7 Å². The summed E-state index contributed by atoms with van der Waals surface area (Å²) < 4.78 is 18.5. The Bertz CT molecular complexity index is 865. The zero-order chi connectivity index (χ0) is 19.3. The molecule has 0 unspecified atom stereocenters. The summed E-state index contributed by atoms with van der Waals surface area (Å²) in [7, 11) is 1.20. The first-order chi connectivity index (χ1) is 12.3. The van der Waals surface area contributed by atoms with Crippen LogP contribution in [0.15, 0.2) is 36.4 Å². The van der Waals surface area contributed by atoms with Crippen molar-refractivity contribution in [2.45, 2.75) is 13.8 Å². The summed E-state index contributed by atoms with van der Waals surface area (Å²) in [4.78, 5) is 35.3. The van der Waals surface area contributed by atoms with Crippen LogP contribution >= 0.6 is 0 Å². The standard InChI is InChI=1S/C19H19FN2O4/c1-11-15(20)8-13(19(25)26-3)9-17(11)21-10-18(24)22-16-7-5-4-6-14(16)12(2)23/h4-9,21H,10H2,1-3H3,(H,22,24). The number of esters is 1. The highest BCUT2D eigenvalue weighted by atomic mass is 19.1. The third-order valence-corrected chi connectivity index (χ3v) is 3.79. The summed E-state index contributed by atoms with van der Waals surface area (Å²) in [5.41, 5.74) is 1.42. The first kappa shape index (κ1) is 19.1. The van der Waals surface area contributed by atoms with Gasteiger partial charge in [0.15, 0.2) is 5.78 Å². The molecule has 0 saturated carbocycles. The molecule has 2 aromatic rings. The molecule has 1 amide bonds. The van der Waals surface area contributed by atoms with Gasteiger partial charge in [0.1, 0.15) is 5.82 Å². The van der Waals surface area contributed by atoms with Crippen molar-refractivity contribution in [2.24, 2.45) is 0 Å². The molecule has 26 heavy (non-hydrogen) atoms. The van der Waals surface area contributed by atoms with E-state index in [2.05, 4.69) is 15.4 Å². The summed E-state index contributed by atoms with van der Waals surface area (Å²) in [5.74, 6) is -1.84. The maximum absolute atomic E-state index is 14.0. The number of carbonyl (C=O) groups excluding carboxylic acids is 3. The Morgan fingerprint density at radius 2 is 1.81 bits per heavy atom. The van der Waals surface area contributed by atoms with Gasteiger partial charge >= 0.3 is 5.97 Å². The molecule has 6 nitrogen and oxygen atoms in total. The van der Waals surface area contributed by atoms with Crippen LogP contribution in [0, 0.1) is 12.7 Å². The van der Waals surface area contributed by atoms with Crippen LogP contribution in [-0.2, 0) is 9.53 Å². The smallest absolute Gasteiger partial charge is 0.338 e. The van der Waals surface area contributed by atoms with E-state index in [0.717, 1.165) is 6.07 Å². The molecular weight excluding hydrogens is 339 g/mol. The van der Waals surface area contributed by atoms with Gasteiger partial charge in [-0.05, 0) is 38.1 Å². The van der Waals surface area contributed by atoms with Gasteiger partial charge in [-0.25, -0.2) is 9.18 Å². The number of ether oxygens (including phenoxy) is 1. The average Bonchev–Trinajstić information content (AvgIpc) is 2.62. The fourth-order valence-electron chi connectivity index (χ4n) is 2.37. The Kier molecular flexibility index (Phi) is 6.06. The molecule has 0 saturated heterocycles. The third kappa shape index (κ3) is 4.44. The number of hydrogen-bond donors (Lipinski definition) is 2. The first-order valence-corrected chi connectivity index (χ1v) is 7.85. The Hall–Kier alpha value is -3.22. The van der Waals surface area contributed by atoms with E-state index in [9.17, 15) is 18.8 Å². The summed E-state index contributed by atoms with van der Waals surface area (Å²) in [5, 5.41) is 5.43. The second-order valence-corrected chi connectivity index (χ2v) is 5.63. The number of rotatable bonds is 6. The fourth-order valence-corrected chi connectivity index (χ4v) is 2.37. The number of anilines is 2. The monoisotopic (exact) mass is 358 g/mol. The number of benzene rings is 2. The van der Waals surface area contributed by atoms with Crippen LogP contribution in [0.3, 0.4) is 0 Å². The normalized spacial score (nSPS) is 10.2. The van der Waals surface area contributed by atoms with Gasteiger partial charge < -0.3 is 15.4 Å². The zero-order valence-electron chi connectivity index (χ0n) is 14.7. The Morgan fingerprint density at radius 3 is 2.46 bits per heavy atom. The topological polar surface area (TPSA) is 84.5 Å². The number of hydrogen-bond acceptors (Lipinski definition) is 5. The molecule has 0 aliphatic carbocycles. The minimum absolute atomic E-state index is 0.0421. The molecule has 0 aliphatic rings. The summed E-state index contributed by atoms with van der Waals surface area (Å²) >= 11 is 0. The Labute approximate surface area is 150 Å². The van der Waals surface area contributed by atoms with Gasteiger partial charge in [0, 0.05) is 16.8 Å². The molecule has 2 N–H and O–H groups in total. The second-order valence-electron chi connectivity index (χ2n) is 5.63. The quantitative estimate of drug-likeness (QED) is 0.612. The number of ketones is 1. The lowest BCUT2D eigenvalue weighted by Crippen LogP contribution is -2.23. The second kappa shape index (κ2) is 8.24. The average molecular weight is 358 g/mol. The van der Waals surface area contributed by atoms with Crippen molar-refractivity contribution < 1.29 is 23.5 Å². The van der Waals surface area contributed by atoms with Gasteiger partial charge in [-0.2, -0.15) is 0 Å². The van der Waals surface area contributed by atoms with Crippen LogP contribution in [0.4, 0.5) is 15.8 Å². The van der Waals surface area contributed by atoms with Crippen molar-refractivity contribution in [3.05, 3.63) is 58.9 Å². The highest BCUT2D eigenvalue weighted by Gasteiger charge is 2.14. The lowest BCUT2D eigenvalue weighted by Gasteiger charge is -2.13. The van der Waals surface area contributed by atoms with Gasteiger partial charge in [-0.15, -0.1) is 0 Å². The molecule has 7 heteroatoms. The molecular formula is C19H19FN2O4. The molecule has 0 radical (unpaired) electrons. The summed E-state index contributed by atoms with van der Waals surface area (Å²) in [6.07, 6.45) is 0. The SMILES string of the molecule is COC(=O)c1cc(F)c(C)c(NCC(=O)Nc2ccccc2C(C)=O)c1. The van der Waals surface area contributed by atoms with Crippen LogP contribution in [0.5, 0.6) is 0 Å². The fraction of sp³-hybridized carbons (Fsp3) is 0.211. The van der Waals surface area contributed by atoms with Crippen molar-refractivity contribution in [3.8, 4) is 0 Å². The highest BCUT2D eigenvalue weighted by molar-refractivity contribution is 6.04. The van der Waals surface area contributed by atoms with E-state index in [0.29, 0.717) is 16.9 Å². The summed E-state index contributed by atoms with van der Waals surface area (Å²) in [6.45, 7) is 2.77. The van der Waals surface area contributed by atoms with Crippen molar-refractivity contribution >= 4 is 29.0 Å². The van der Waals surface area contributed by atoms with E-state index in [1.165, 1.54) is 27.0 Å². The van der Waals surface area contributed by atoms with E-state index in [4.69, 9.17) is 0 Å². The lowest BCUT2D eigenvalue weighted by molar-refractivity contribution is -0.114. The van der Waals surface area contributed by atoms with Crippen LogP contribution in [0.25, 0.3) is 0 Å². The molecule has 0 bridgehead atoms. The van der Waals surface area contributed by atoms with Crippen LogP contribution in [0.2, 0.25) is 0 Å². The van der Waals surface area contributed by atoms with Crippen molar-refractivity contribution in [2.75, 3.05) is 24.3 Å². The van der Waals surface area contributed by atoms with Crippen molar-refractivity contribution in [3.63, 3.8) is 0 Å². The van der Waals surface area contributed by atoms with Crippen LogP contribution in [-0.4, -0.2) is 31.3 Å². The molecule has 2 aromatic carbocycles. The molecule has 2 rings (SSSR count). The van der Waals surface area contributed by atoms with Gasteiger partial charge in [0.25, 0.3) is 0 Å². The van der Waals surface area contributed by atoms with E-state index >= 15 is 0 Å². The van der Waals surface area contributed by atoms with Gasteiger partial charge in [0.2, 0.25) is 5.91 Å². The van der Waals surface area contributed by atoms with E-state index in [1.54, 1.807) is 24.3 Å². The number of methoxy groups -OCH3 is 1. The predicted octanol–water partition coefficient (Wildman–Crippen LogP) is 3.17. The maximum atomic E-state index is 14.0. The molecule has 0 fully saturated rings. The number of nitrogens with one attached hydrogen (secondary N) is 2. The van der Waals surface area contributed by atoms with E-state index in [1.807, 2.05) is 0 Å². The number of amides is 1. The lowest BCUT2D eigenvalue weighted by atomic mass is 10.1. The first-order valence-electron chi connectivity index (χ1n) is 7.85. The zero-order valence-corrected chi connectivity index (χ0v) is 14.7. The van der Waals surface area contributed by atoms with Crippen LogP contribution < -0.4 is 10.6 Å². The Balaban J connectivity index is 2.12. The van der Waals surface area contributed by atoms with Gasteiger partial charge in [-0.3, -0.25) is 9.59 Å². The molecule has 136 valence electrons. The number of carbonyl (C=O) groups is 3. The largest absolute Gasteiger partial charge is 0.465 e. The maximum Gasteiger partial charge on any atom is 0.338 e. The molecule has 0 aliphatic heterocycles. The third-order valence-electron chi connectivity index (χ3n) is 3.79. The van der Waals surface area contributed by atoms with Gasteiger partial charge in [0.05, 0.1) is 24.9 Å². The summed E-state index contributed by atoms with van der Waals surface area (Å²) in [6, 6.07) is 9.14. The molecule has 0 heterocycles. The molecule has 0 aromatic heterocycles. The minimum atomic E-state index is -0.674. The predicted molar refractivity (Wildman–Crippen MR) is 96.0 cm³/mol.